The molecule has 0 saturated carbocycles. The minimum atomic E-state index is -0.170. The summed E-state index contributed by atoms with van der Waals surface area (Å²) < 4.78 is 5.53. The number of benzene rings is 2. The maximum atomic E-state index is 12.3. The van der Waals surface area contributed by atoms with E-state index in [-0.39, 0.29) is 18.5 Å². The summed E-state index contributed by atoms with van der Waals surface area (Å²) in [5.74, 6) is 0.622. The number of quaternary nitrogens is 1. The molecule has 128 valence electrons. The van der Waals surface area contributed by atoms with E-state index >= 15 is 0 Å². The maximum Gasteiger partial charge on any atom is 0.279 e. The summed E-state index contributed by atoms with van der Waals surface area (Å²) in [6, 6.07) is 18.7. The van der Waals surface area contributed by atoms with Gasteiger partial charge in [0.15, 0.2) is 18.3 Å². The third-order valence-electron chi connectivity index (χ3n) is 3.77. The zero-order valence-corrected chi connectivity index (χ0v) is 14.8. The minimum absolute atomic E-state index is 0.100. The fourth-order valence-corrected chi connectivity index (χ4v) is 2.92. The van der Waals surface area contributed by atoms with E-state index in [1.165, 1.54) is 0 Å². The molecule has 1 aromatic heterocycles. The number of hydrogen-bond acceptors (Lipinski definition) is 2. The first kappa shape index (κ1) is 17.5. The molecule has 6 heteroatoms. The van der Waals surface area contributed by atoms with Gasteiger partial charge in [-0.3, -0.25) is 4.79 Å². The van der Waals surface area contributed by atoms with Crippen molar-refractivity contribution >= 4 is 34.8 Å². The van der Waals surface area contributed by atoms with E-state index in [0.717, 1.165) is 11.3 Å². The minimum Gasteiger partial charge on any atom is -0.463 e. The van der Waals surface area contributed by atoms with Crippen molar-refractivity contribution in [2.24, 2.45) is 0 Å². The Balaban J connectivity index is 1.69. The third kappa shape index (κ3) is 4.42. The highest BCUT2D eigenvalue weighted by molar-refractivity contribution is 6.43. The van der Waals surface area contributed by atoms with Crippen molar-refractivity contribution in [2.75, 3.05) is 11.9 Å². The number of nitrogens with one attached hydrogen (secondary N) is 1. The molecule has 1 amide bonds. The van der Waals surface area contributed by atoms with Gasteiger partial charge in [-0.05, 0) is 24.3 Å². The molecule has 0 saturated heterocycles. The maximum absolute atomic E-state index is 12.3. The van der Waals surface area contributed by atoms with Gasteiger partial charge in [-0.2, -0.15) is 0 Å². The van der Waals surface area contributed by atoms with Gasteiger partial charge in [-0.25, -0.2) is 0 Å². The molecule has 2 aromatic carbocycles. The molecule has 0 aliphatic rings. The Morgan fingerprint density at radius 2 is 1.84 bits per heavy atom. The summed E-state index contributed by atoms with van der Waals surface area (Å²) in [5, 5.41) is 5.44. The van der Waals surface area contributed by atoms with Crippen molar-refractivity contribution in [1.82, 2.24) is 0 Å². The van der Waals surface area contributed by atoms with Crippen LogP contribution in [0.5, 0.6) is 0 Å². The highest BCUT2D eigenvalue weighted by atomic mass is 35.5. The standard InChI is InChI=1S/C19H16Cl2N2O2/c20-14-8-4-9-15(18(14)21)23-17(24)12-22-19(16-10-5-11-25-16)13-6-2-1-3-7-13/h1-11,19,22H,12H2,(H,23,24)/p+1/t19-/m0/s1. The van der Waals surface area contributed by atoms with Crippen LogP contribution in [0.2, 0.25) is 10.0 Å². The van der Waals surface area contributed by atoms with Crippen LogP contribution in [0, 0.1) is 0 Å². The average molecular weight is 376 g/mol. The lowest BCUT2D eigenvalue weighted by Crippen LogP contribution is -2.87. The van der Waals surface area contributed by atoms with Crippen LogP contribution in [0.1, 0.15) is 17.4 Å². The number of hydrogen-bond donors (Lipinski definition) is 2. The van der Waals surface area contributed by atoms with E-state index in [9.17, 15) is 4.79 Å². The molecule has 1 heterocycles. The van der Waals surface area contributed by atoms with Crippen LogP contribution in [0.3, 0.4) is 0 Å². The molecular formula is C19H17Cl2N2O2+. The Kier molecular flexibility index (Phi) is 5.76. The third-order valence-corrected chi connectivity index (χ3v) is 4.59. The van der Waals surface area contributed by atoms with Gasteiger partial charge in [0.1, 0.15) is 0 Å². The zero-order chi connectivity index (χ0) is 17.6. The Morgan fingerprint density at radius 1 is 1.04 bits per heavy atom. The first-order valence-corrected chi connectivity index (χ1v) is 8.56. The van der Waals surface area contributed by atoms with Crippen molar-refractivity contribution in [3.05, 3.63) is 88.3 Å². The molecule has 3 aromatic rings. The van der Waals surface area contributed by atoms with Crippen LogP contribution in [-0.2, 0) is 4.79 Å². The second-order valence-corrected chi connectivity index (χ2v) is 6.28. The number of rotatable bonds is 6. The Labute approximate surface area is 155 Å². The topological polar surface area (TPSA) is 58.9 Å². The number of halogens is 2. The largest absolute Gasteiger partial charge is 0.463 e. The van der Waals surface area contributed by atoms with Crippen LogP contribution < -0.4 is 10.6 Å². The first-order chi connectivity index (χ1) is 12.1. The molecule has 0 aliphatic heterocycles. The number of anilines is 1. The monoisotopic (exact) mass is 375 g/mol. The zero-order valence-electron chi connectivity index (χ0n) is 13.3. The molecule has 0 spiro atoms. The van der Waals surface area contributed by atoms with Gasteiger partial charge in [0.25, 0.3) is 5.91 Å². The van der Waals surface area contributed by atoms with Gasteiger partial charge in [-0.15, -0.1) is 0 Å². The fourth-order valence-electron chi connectivity index (χ4n) is 2.57. The van der Waals surface area contributed by atoms with Crippen LogP contribution in [0.25, 0.3) is 0 Å². The van der Waals surface area contributed by atoms with E-state index in [0.29, 0.717) is 15.7 Å². The summed E-state index contributed by atoms with van der Waals surface area (Å²) >= 11 is 12.1. The molecule has 3 N–H and O–H groups in total. The average Bonchev–Trinajstić information content (AvgIpc) is 3.14. The molecule has 4 nitrogen and oxygen atoms in total. The fraction of sp³-hybridized carbons (Fsp3) is 0.105. The molecule has 3 rings (SSSR count). The van der Waals surface area contributed by atoms with Crippen LogP contribution >= 0.6 is 23.2 Å². The van der Waals surface area contributed by atoms with Crippen LogP contribution in [0.4, 0.5) is 5.69 Å². The summed E-state index contributed by atoms with van der Waals surface area (Å²) in [6.45, 7) is 0.211. The Hall–Kier alpha value is -2.27. The lowest BCUT2D eigenvalue weighted by molar-refractivity contribution is -0.678. The normalized spacial score (nSPS) is 11.9. The number of furan rings is 1. The quantitative estimate of drug-likeness (QED) is 0.686. The Bertz CT molecular complexity index is 836. The smallest absolute Gasteiger partial charge is 0.279 e. The molecule has 25 heavy (non-hydrogen) atoms. The molecule has 0 bridgehead atoms. The van der Waals surface area contributed by atoms with Gasteiger partial charge >= 0.3 is 0 Å². The van der Waals surface area contributed by atoms with E-state index in [1.54, 1.807) is 24.5 Å². The highest BCUT2D eigenvalue weighted by Gasteiger charge is 2.21. The van der Waals surface area contributed by atoms with E-state index < -0.39 is 0 Å². The van der Waals surface area contributed by atoms with Crippen molar-refractivity contribution in [3.63, 3.8) is 0 Å². The number of carbonyl (C=O) groups excluding carboxylic acids is 1. The predicted octanol–water partition coefficient (Wildman–Crippen LogP) is 3.88. The number of amides is 1. The number of carbonyl (C=O) groups is 1. The van der Waals surface area contributed by atoms with Gasteiger partial charge in [0.05, 0.1) is 22.0 Å². The lowest BCUT2D eigenvalue weighted by atomic mass is 10.0. The Morgan fingerprint density at radius 3 is 2.56 bits per heavy atom. The van der Waals surface area contributed by atoms with E-state index in [2.05, 4.69) is 5.32 Å². The van der Waals surface area contributed by atoms with Gasteiger partial charge in [0.2, 0.25) is 0 Å². The summed E-state index contributed by atoms with van der Waals surface area (Å²) in [5.41, 5.74) is 1.56. The summed E-state index contributed by atoms with van der Waals surface area (Å²) in [7, 11) is 0. The molecule has 0 aliphatic carbocycles. The predicted molar refractivity (Wildman–Crippen MR) is 98.9 cm³/mol. The molecule has 0 radical (unpaired) electrons. The second-order valence-electron chi connectivity index (χ2n) is 5.49. The van der Waals surface area contributed by atoms with Gasteiger partial charge in [-0.1, -0.05) is 59.6 Å². The lowest BCUT2D eigenvalue weighted by Gasteiger charge is -2.14. The van der Waals surface area contributed by atoms with Crippen molar-refractivity contribution < 1.29 is 14.5 Å². The second kappa shape index (κ2) is 8.21. The van der Waals surface area contributed by atoms with E-state index in [1.807, 2.05) is 47.8 Å². The number of nitrogens with two attached hydrogens (primary N) is 1. The highest BCUT2D eigenvalue weighted by Crippen LogP contribution is 2.29. The molecule has 1 atom stereocenters. The van der Waals surface area contributed by atoms with Gasteiger partial charge in [0, 0.05) is 5.56 Å². The van der Waals surface area contributed by atoms with Crippen LogP contribution in [0.15, 0.2) is 71.3 Å². The van der Waals surface area contributed by atoms with Crippen molar-refractivity contribution in [1.29, 1.82) is 0 Å². The molecular weight excluding hydrogens is 359 g/mol. The molecule has 0 fully saturated rings. The van der Waals surface area contributed by atoms with Gasteiger partial charge < -0.3 is 15.1 Å². The van der Waals surface area contributed by atoms with Crippen molar-refractivity contribution in [2.45, 2.75) is 6.04 Å². The van der Waals surface area contributed by atoms with E-state index in [4.69, 9.17) is 27.6 Å². The summed E-state index contributed by atoms with van der Waals surface area (Å²) in [6.07, 6.45) is 1.63. The molecule has 0 unspecified atom stereocenters. The first-order valence-electron chi connectivity index (χ1n) is 7.80. The van der Waals surface area contributed by atoms with Crippen LogP contribution in [-0.4, -0.2) is 12.5 Å². The van der Waals surface area contributed by atoms with Crippen molar-refractivity contribution in [3.8, 4) is 0 Å². The SMILES string of the molecule is O=C(C[NH2+][C@@H](c1ccccc1)c1ccco1)Nc1cccc(Cl)c1Cl. The summed E-state index contributed by atoms with van der Waals surface area (Å²) in [4.78, 5) is 12.3.